The van der Waals surface area contributed by atoms with Gasteiger partial charge in [0.2, 0.25) is 0 Å². The highest BCUT2D eigenvalue weighted by atomic mass is 16.5. The molecule has 0 spiro atoms. The molecule has 1 fully saturated rings. The normalized spacial score (nSPS) is 22.7. The van der Waals surface area contributed by atoms with Gasteiger partial charge in [-0.25, -0.2) is 0 Å². The summed E-state index contributed by atoms with van der Waals surface area (Å²) >= 11 is 0. The van der Waals surface area contributed by atoms with Gasteiger partial charge in [-0.2, -0.15) is 10.5 Å². The van der Waals surface area contributed by atoms with Crippen molar-refractivity contribution in [3.63, 3.8) is 0 Å². The molecule has 0 saturated carbocycles. The van der Waals surface area contributed by atoms with E-state index in [0.717, 1.165) is 19.4 Å². The Labute approximate surface area is 78.9 Å². The second kappa shape index (κ2) is 3.77. The van der Waals surface area contributed by atoms with Crippen LogP contribution in [0.3, 0.4) is 0 Å². The summed E-state index contributed by atoms with van der Waals surface area (Å²) in [5, 5.41) is 17.6. The van der Waals surface area contributed by atoms with Crippen molar-refractivity contribution in [2.45, 2.75) is 32.8 Å². The van der Waals surface area contributed by atoms with Crippen LogP contribution < -0.4 is 0 Å². The Bertz CT molecular complexity index is 239. The van der Waals surface area contributed by atoms with Gasteiger partial charge in [-0.3, -0.25) is 0 Å². The lowest BCUT2D eigenvalue weighted by Gasteiger charge is -2.31. The van der Waals surface area contributed by atoms with Gasteiger partial charge in [-0.05, 0) is 12.8 Å². The van der Waals surface area contributed by atoms with Gasteiger partial charge in [0.25, 0.3) is 0 Å². The van der Waals surface area contributed by atoms with Crippen LogP contribution >= 0.6 is 0 Å². The zero-order chi connectivity index (χ0) is 9.90. The highest BCUT2D eigenvalue weighted by Gasteiger charge is 2.40. The Morgan fingerprint density at radius 3 is 2.38 bits per heavy atom. The van der Waals surface area contributed by atoms with Crippen LogP contribution in [0, 0.1) is 34.0 Å². The minimum absolute atomic E-state index is 0.0665. The average Bonchev–Trinajstić information content (AvgIpc) is 2.58. The number of rotatable bonds is 2. The third-order valence-corrected chi connectivity index (χ3v) is 2.76. The molecule has 3 nitrogen and oxygen atoms in total. The van der Waals surface area contributed by atoms with Crippen LogP contribution in [0.1, 0.15) is 26.7 Å². The van der Waals surface area contributed by atoms with E-state index in [2.05, 4.69) is 0 Å². The molecule has 1 saturated heterocycles. The standard InChI is InChI=1S/C10H14N2O/c1-10(2,8(6-11)7-12)9-4-3-5-13-9/h8-9H,3-5H2,1-2H3. The van der Waals surface area contributed by atoms with Crippen LogP contribution in [0.15, 0.2) is 0 Å². The number of ether oxygens (including phenoxy) is 1. The largest absolute Gasteiger partial charge is 0.378 e. The molecule has 0 bridgehead atoms. The molecule has 1 atom stereocenters. The predicted octanol–water partition coefficient (Wildman–Crippen LogP) is 1.85. The van der Waals surface area contributed by atoms with Crippen molar-refractivity contribution >= 4 is 0 Å². The van der Waals surface area contributed by atoms with E-state index in [4.69, 9.17) is 15.3 Å². The first-order valence-electron chi connectivity index (χ1n) is 4.53. The molecule has 0 aliphatic carbocycles. The van der Waals surface area contributed by atoms with E-state index in [1.54, 1.807) is 0 Å². The molecule has 0 aromatic heterocycles. The summed E-state index contributed by atoms with van der Waals surface area (Å²) in [5.41, 5.74) is -0.347. The fourth-order valence-electron chi connectivity index (χ4n) is 1.71. The van der Waals surface area contributed by atoms with E-state index < -0.39 is 5.92 Å². The molecule has 0 radical (unpaired) electrons. The molecule has 3 heteroatoms. The Morgan fingerprint density at radius 2 is 2.00 bits per heavy atom. The maximum Gasteiger partial charge on any atom is 0.140 e. The fourth-order valence-corrected chi connectivity index (χ4v) is 1.71. The maximum absolute atomic E-state index is 8.79. The van der Waals surface area contributed by atoms with Crippen LogP contribution in [-0.2, 0) is 4.74 Å². The molecule has 0 aromatic rings. The number of hydrogen-bond donors (Lipinski definition) is 0. The second-order valence-electron chi connectivity index (χ2n) is 4.01. The lowest BCUT2D eigenvalue weighted by atomic mass is 9.75. The van der Waals surface area contributed by atoms with E-state index in [1.165, 1.54) is 0 Å². The number of hydrogen-bond acceptors (Lipinski definition) is 3. The van der Waals surface area contributed by atoms with Crippen molar-refractivity contribution in [1.82, 2.24) is 0 Å². The summed E-state index contributed by atoms with van der Waals surface area (Å²) < 4.78 is 5.50. The zero-order valence-corrected chi connectivity index (χ0v) is 8.08. The van der Waals surface area contributed by atoms with Crippen LogP contribution in [-0.4, -0.2) is 12.7 Å². The maximum atomic E-state index is 8.79. The predicted molar refractivity (Wildman–Crippen MR) is 47.5 cm³/mol. The van der Waals surface area contributed by atoms with Gasteiger partial charge in [-0.1, -0.05) is 13.8 Å². The summed E-state index contributed by atoms with van der Waals surface area (Å²) in [6.45, 7) is 4.62. The summed E-state index contributed by atoms with van der Waals surface area (Å²) in [6, 6.07) is 4.06. The van der Waals surface area contributed by atoms with Crippen LogP contribution in [0.4, 0.5) is 0 Å². The Hall–Kier alpha value is -1.06. The summed E-state index contributed by atoms with van der Waals surface area (Å²) in [7, 11) is 0. The highest BCUT2D eigenvalue weighted by Crippen LogP contribution is 2.36. The SMILES string of the molecule is CC(C)(C(C#N)C#N)C1CCCO1. The molecule has 1 unspecified atom stereocenters. The molecule has 0 amide bonds. The van der Waals surface area contributed by atoms with Gasteiger partial charge >= 0.3 is 0 Å². The Kier molecular flexibility index (Phi) is 2.90. The molecule has 1 heterocycles. The fraction of sp³-hybridized carbons (Fsp3) is 0.800. The number of nitriles is 2. The Morgan fingerprint density at radius 1 is 1.38 bits per heavy atom. The van der Waals surface area contributed by atoms with Gasteiger partial charge < -0.3 is 4.74 Å². The molecule has 0 aromatic carbocycles. The third kappa shape index (κ3) is 1.82. The van der Waals surface area contributed by atoms with E-state index >= 15 is 0 Å². The smallest absolute Gasteiger partial charge is 0.140 e. The van der Waals surface area contributed by atoms with E-state index in [0.29, 0.717) is 0 Å². The molecule has 70 valence electrons. The van der Waals surface area contributed by atoms with E-state index in [1.807, 2.05) is 26.0 Å². The molecule has 1 rings (SSSR count). The van der Waals surface area contributed by atoms with Crippen molar-refractivity contribution in [3.8, 4) is 12.1 Å². The lowest BCUT2D eigenvalue weighted by molar-refractivity contribution is 0.00806. The Balaban J connectivity index is 2.75. The van der Waals surface area contributed by atoms with Crippen LogP contribution in [0.25, 0.3) is 0 Å². The molecule has 13 heavy (non-hydrogen) atoms. The van der Waals surface area contributed by atoms with Gasteiger partial charge in [0, 0.05) is 12.0 Å². The highest BCUT2D eigenvalue weighted by molar-refractivity contribution is 5.09. The lowest BCUT2D eigenvalue weighted by Crippen LogP contribution is -2.35. The zero-order valence-electron chi connectivity index (χ0n) is 8.08. The van der Waals surface area contributed by atoms with Crippen molar-refractivity contribution in [3.05, 3.63) is 0 Å². The molecule has 0 N–H and O–H groups in total. The molecule has 1 aliphatic heterocycles. The van der Waals surface area contributed by atoms with Gasteiger partial charge in [0.15, 0.2) is 0 Å². The summed E-state index contributed by atoms with van der Waals surface area (Å²) in [5.74, 6) is -0.574. The molecular formula is C10H14N2O. The molecular weight excluding hydrogens is 164 g/mol. The van der Waals surface area contributed by atoms with E-state index in [9.17, 15) is 0 Å². The minimum atomic E-state index is -0.574. The van der Waals surface area contributed by atoms with Gasteiger partial charge in [-0.15, -0.1) is 0 Å². The first-order valence-corrected chi connectivity index (χ1v) is 4.53. The second-order valence-corrected chi connectivity index (χ2v) is 4.01. The average molecular weight is 178 g/mol. The van der Waals surface area contributed by atoms with E-state index in [-0.39, 0.29) is 11.5 Å². The quantitative estimate of drug-likeness (QED) is 0.648. The molecule has 1 aliphatic rings. The first kappa shape index (κ1) is 10.0. The van der Waals surface area contributed by atoms with Crippen LogP contribution in [0.5, 0.6) is 0 Å². The topological polar surface area (TPSA) is 56.8 Å². The van der Waals surface area contributed by atoms with Crippen LogP contribution in [0.2, 0.25) is 0 Å². The van der Waals surface area contributed by atoms with Crippen molar-refractivity contribution in [2.75, 3.05) is 6.61 Å². The van der Waals surface area contributed by atoms with Crippen molar-refractivity contribution in [2.24, 2.45) is 11.3 Å². The number of nitrogens with zero attached hydrogens (tertiary/aromatic N) is 2. The first-order chi connectivity index (χ1) is 6.12. The van der Waals surface area contributed by atoms with Crippen molar-refractivity contribution in [1.29, 1.82) is 10.5 Å². The van der Waals surface area contributed by atoms with Gasteiger partial charge in [0.05, 0.1) is 18.2 Å². The summed E-state index contributed by atoms with van der Waals surface area (Å²) in [4.78, 5) is 0. The van der Waals surface area contributed by atoms with Crippen molar-refractivity contribution < 1.29 is 4.74 Å². The summed E-state index contributed by atoms with van der Waals surface area (Å²) in [6.07, 6.45) is 2.07. The van der Waals surface area contributed by atoms with Gasteiger partial charge in [0.1, 0.15) is 5.92 Å². The third-order valence-electron chi connectivity index (χ3n) is 2.76. The monoisotopic (exact) mass is 178 g/mol. The minimum Gasteiger partial charge on any atom is -0.378 e.